The lowest BCUT2D eigenvalue weighted by molar-refractivity contribution is 0.0696. The number of hydrogen-bond donors (Lipinski definition) is 3. The standard InChI is InChI=1S/C13H13N3O4S/c1-20-10-3-2-7(13(18)19)4-8(10)16-12(17)9-6-21-11(5-14)15-9/h2-4,6H,5,14H2,1H3,(H,16,17)(H,18,19). The Morgan fingerprint density at radius 3 is 2.81 bits per heavy atom. The number of aromatic nitrogens is 1. The molecule has 1 amide bonds. The quantitative estimate of drug-likeness (QED) is 0.772. The minimum absolute atomic E-state index is 0.0482. The van der Waals surface area contributed by atoms with Crippen LogP contribution in [0.4, 0.5) is 5.69 Å². The topological polar surface area (TPSA) is 115 Å². The van der Waals surface area contributed by atoms with E-state index in [0.29, 0.717) is 10.8 Å². The molecule has 7 nitrogen and oxygen atoms in total. The van der Waals surface area contributed by atoms with Gasteiger partial charge in [0.25, 0.3) is 5.91 Å². The third kappa shape index (κ3) is 3.36. The Kier molecular flexibility index (Phi) is 4.51. The third-order valence-corrected chi connectivity index (χ3v) is 3.52. The maximum absolute atomic E-state index is 12.1. The Morgan fingerprint density at radius 1 is 1.48 bits per heavy atom. The molecule has 21 heavy (non-hydrogen) atoms. The van der Waals surface area contributed by atoms with Crippen molar-refractivity contribution in [1.82, 2.24) is 4.98 Å². The molecule has 2 aromatic rings. The molecule has 2 rings (SSSR count). The number of amides is 1. The van der Waals surface area contributed by atoms with Crippen LogP contribution in [-0.2, 0) is 6.54 Å². The molecule has 8 heteroatoms. The van der Waals surface area contributed by atoms with Crippen LogP contribution >= 0.6 is 11.3 Å². The predicted octanol–water partition coefficient (Wildman–Crippen LogP) is 1.56. The molecule has 0 saturated carbocycles. The van der Waals surface area contributed by atoms with Crippen LogP contribution in [-0.4, -0.2) is 29.1 Å². The van der Waals surface area contributed by atoms with E-state index in [1.165, 1.54) is 36.6 Å². The van der Waals surface area contributed by atoms with E-state index in [0.717, 1.165) is 0 Å². The van der Waals surface area contributed by atoms with Crippen LogP contribution in [0.1, 0.15) is 25.9 Å². The average molecular weight is 307 g/mol. The number of nitrogens with two attached hydrogens (primary N) is 1. The molecule has 0 aliphatic heterocycles. The summed E-state index contributed by atoms with van der Waals surface area (Å²) in [5.74, 6) is -1.18. The summed E-state index contributed by atoms with van der Waals surface area (Å²) >= 11 is 1.28. The van der Waals surface area contributed by atoms with Gasteiger partial charge in [-0.15, -0.1) is 11.3 Å². The Balaban J connectivity index is 2.26. The van der Waals surface area contributed by atoms with Crippen molar-refractivity contribution in [3.63, 3.8) is 0 Å². The molecule has 0 aliphatic carbocycles. The molecule has 0 unspecified atom stereocenters. The molecule has 0 fully saturated rings. The number of carboxylic acid groups (broad SMARTS) is 1. The number of carboxylic acids is 1. The summed E-state index contributed by atoms with van der Waals surface area (Å²) in [5.41, 5.74) is 5.99. The van der Waals surface area contributed by atoms with Gasteiger partial charge < -0.3 is 20.9 Å². The molecule has 0 aliphatic rings. The number of carbonyl (C=O) groups is 2. The average Bonchev–Trinajstić information content (AvgIpc) is 2.96. The van der Waals surface area contributed by atoms with E-state index >= 15 is 0 Å². The van der Waals surface area contributed by atoms with Crippen molar-refractivity contribution >= 4 is 28.9 Å². The molecule has 1 heterocycles. The van der Waals surface area contributed by atoms with Crippen molar-refractivity contribution in [3.05, 3.63) is 39.8 Å². The van der Waals surface area contributed by atoms with Gasteiger partial charge in [-0.1, -0.05) is 0 Å². The number of benzene rings is 1. The molecule has 0 radical (unpaired) electrons. The van der Waals surface area contributed by atoms with Crippen molar-refractivity contribution < 1.29 is 19.4 Å². The summed E-state index contributed by atoms with van der Waals surface area (Å²) in [4.78, 5) is 27.1. The summed E-state index contributed by atoms with van der Waals surface area (Å²) in [6.07, 6.45) is 0. The van der Waals surface area contributed by atoms with E-state index in [1.54, 1.807) is 5.38 Å². The number of ether oxygens (including phenoxy) is 1. The molecule has 0 spiro atoms. The zero-order valence-electron chi connectivity index (χ0n) is 11.1. The molecule has 0 saturated heterocycles. The van der Waals surface area contributed by atoms with Gasteiger partial charge in [0.05, 0.1) is 18.4 Å². The number of aromatic carboxylic acids is 1. The maximum atomic E-state index is 12.1. The van der Waals surface area contributed by atoms with E-state index < -0.39 is 11.9 Å². The van der Waals surface area contributed by atoms with Gasteiger partial charge in [0, 0.05) is 11.9 Å². The zero-order valence-corrected chi connectivity index (χ0v) is 11.9. The highest BCUT2D eigenvalue weighted by molar-refractivity contribution is 7.09. The van der Waals surface area contributed by atoms with Gasteiger partial charge in [-0.05, 0) is 18.2 Å². The summed E-state index contributed by atoms with van der Waals surface area (Å²) < 4.78 is 5.10. The molecule has 1 aromatic carbocycles. The van der Waals surface area contributed by atoms with Crippen LogP contribution in [0.5, 0.6) is 5.75 Å². The van der Waals surface area contributed by atoms with Crippen molar-refractivity contribution in [2.75, 3.05) is 12.4 Å². The lowest BCUT2D eigenvalue weighted by Crippen LogP contribution is -2.14. The van der Waals surface area contributed by atoms with Crippen LogP contribution < -0.4 is 15.8 Å². The van der Waals surface area contributed by atoms with Gasteiger partial charge in [-0.3, -0.25) is 4.79 Å². The first-order valence-electron chi connectivity index (χ1n) is 5.92. The second kappa shape index (κ2) is 6.33. The van der Waals surface area contributed by atoms with E-state index in [-0.39, 0.29) is 23.5 Å². The molecule has 0 bridgehead atoms. The first-order valence-corrected chi connectivity index (χ1v) is 6.80. The van der Waals surface area contributed by atoms with E-state index in [1.807, 2.05) is 0 Å². The number of nitrogens with one attached hydrogen (secondary N) is 1. The second-order valence-electron chi connectivity index (χ2n) is 4.00. The largest absolute Gasteiger partial charge is 0.495 e. The first-order chi connectivity index (χ1) is 10.0. The molecular formula is C13H13N3O4S. The maximum Gasteiger partial charge on any atom is 0.335 e. The van der Waals surface area contributed by atoms with Crippen molar-refractivity contribution in [2.45, 2.75) is 6.54 Å². The van der Waals surface area contributed by atoms with Gasteiger partial charge in [0.1, 0.15) is 16.5 Å². The Hall–Kier alpha value is -2.45. The number of nitrogens with zero attached hydrogens (tertiary/aromatic N) is 1. The SMILES string of the molecule is COc1ccc(C(=O)O)cc1NC(=O)c1csc(CN)n1. The second-order valence-corrected chi connectivity index (χ2v) is 4.95. The fourth-order valence-corrected chi connectivity index (χ4v) is 2.29. The van der Waals surface area contributed by atoms with E-state index in [9.17, 15) is 9.59 Å². The number of carbonyl (C=O) groups excluding carboxylic acids is 1. The number of rotatable bonds is 5. The van der Waals surface area contributed by atoms with Crippen molar-refractivity contribution in [2.24, 2.45) is 5.73 Å². The zero-order chi connectivity index (χ0) is 15.4. The third-order valence-electron chi connectivity index (χ3n) is 2.65. The monoisotopic (exact) mass is 307 g/mol. The molecule has 110 valence electrons. The van der Waals surface area contributed by atoms with Gasteiger partial charge in [0.15, 0.2) is 0 Å². The highest BCUT2D eigenvalue weighted by atomic mass is 32.1. The highest BCUT2D eigenvalue weighted by Crippen LogP contribution is 2.26. The number of methoxy groups -OCH3 is 1. The van der Waals surface area contributed by atoms with Crippen LogP contribution in [0.3, 0.4) is 0 Å². The van der Waals surface area contributed by atoms with Crippen molar-refractivity contribution in [1.29, 1.82) is 0 Å². The number of thiazole rings is 1. The first kappa shape index (κ1) is 14.9. The fraction of sp³-hybridized carbons (Fsp3) is 0.154. The predicted molar refractivity (Wildman–Crippen MR) is 77.9 cm³/mol. The van der Waals surface area contributed by atoms with Gasteiger partial charge in [-0.25, -0.2) is 9.78 Å². The molecule has 1 aromatic heterocycles. The van der Waals surface area contributed by atoms with Crippen LogP contribution in [0.15, 0.2) is 23.6 Å². The van der Waals surface area contributed by atoms with Crippen molar-refractivity contribution in [3.8, 4) is 5.75 Å². The summed E-state index contributed by atoms with van der Waals surface area (Å²) in [7, 11) is 1.43. The van der Waals surface area contributed by atoms with Gasteiger partial charge in [0.2, 0.25) is 0 Å². The van der Waals surface area contributed by atoms with Crippen LogP contribution in [0, 0.1) is 0 Å². The van der Waals surface area contributed by atoms with E-state index in [4.69, 9.17) is 15.6 Å². The van der Waals surface area contributed by atoms with Crippen LogP contribution in [0.2, 0.25) is 0 Å². The summed E-state index contributed by atoms with van der Waals surface area (Å²) in [6, 6.07) is 4.20. The Morgan fingerprint density at radius 2 is 2.24 bits per heavy atom. The normalized spacial score (nSPS) is 10.2. The number of anilines is 1. The minimum atomic E-state index is -1.09. The van der Waals surface area contributed by atoms with Crippen LogP contribution in [0.25, 0.3) is 0 Å². The molecule has 4 N–H and O–H groups in total. The number of hydrogen-bond acceptors (Lipinski definition) is 6. The summed E-state index contributed by atoms with van der Waals surface area (Å²) in [6.45, 7) is 0.260. The van der Waals surface area contributed by atoms with E-state index in [2.05, 4.69) is 10.3 Å². The molecule has 0 atom stereocenters. The fourth-order valence-electron chi connectivity index (χ4n) is 1.63. The van der Waals surface area contributed by atoms with Gasteiger partial charge in [-0.2, -0.15) is 0 Å². The molecular weight excluding hydrogens is 294 g/mol. The Labute approximate surface area is 124 Å². The smallest absolute Gasteiger partial charge is 0.335 e. The summed E-state index contributed by atoms with van der Waals surface area (Å²) in [5, 5.41) is 13.8. The minimum Gasteiger partial charge on any atom is -0.495 e. The Bertz CT molecular complexity index is 684. The van der Waals surface area contributed by atoms with Gasteiger partial charge >= 0.3 is 5.97 Å². The highest BCUT2D eigenvalue weighted by Gasteiger charge is 2.15. The lowest BCUT2D eigenvalue weighted by atomic mass is 10.2. The lowest BCUT2D eigenvalue weighted by Gasteiger charge is -2.10.